The van der Waals surface area contributed by atoms with Gasteiger partial charge < -0.3 is 14.2 Å². The molecule has 0 aromatic carbocycles. The summed E-state index contributed by atoms with van der Waals surface area (Å²) in [6, 6.07) is 0. The lowest BCUT2D eigenvalue weighted by atomic mass is 10.1. The van der Waals surface area contributed by atoms with Gasteiger partial charge in [-0.3, -0.25) is 0 Å². The van der Waals surface area contributed by atoms with E-state index in [4.69, 9.17) is 14.2 Å². The van der Waals surface area contributed by atoms with Crippen LogP contribution < -0.4 is 0 Å². The van der Waals surface area contributed by atoms with Crippen molar-refractivity contribution in [1.29, 1.82) is 0 Å². The van der Waals surface area contributed by atoms with Crippen molar-refractivity contribution in [3.63, 3.8) is 0 Å². The van der Waals surface area contributed by atoms with E-state index < -0.39 is 5.97 Å². The maximum absolute atomic E-state index is 5.83. The second kappa shape index (κ2) is 5.69. The molecule has 0 aliphatic carbocycles. The molecule has 1 atom stereocenters. The third-order valence-corrected chi connectivity index (χ3v) is 2.46. The summed E-state index contributed by atoms with van der Waals surface area (Å²) in [7, 11) is 0. The quantitative estimate of drug-likeness (QED) is 0.620. The van der Waals surface area contributed by atoms with E-state index in [1.54, 1.807) is 0 Å². The van der Waals surface area contributed by atoms with E-state index >= 15 is 0 Å². The lowest BCUT2D eigenvalue weighted by molar-refractivity contribution is -0.368. The summed E-state index contributed by atoms with van der Waals surface area (Å²) in [5.74, 6) is -0.733. The van der Waals surface area contributed by atoms with E-state index in [2.05, 4.69) is 6.92 Å². The summed E-state index contributed by atoms with van der Waals surface area (Å²) in [5, 5.41) is 0. The van der Waals surface area contributed by atoms with Crippen molar-refractivity contribution in [2.24, 2.45) is 0 Å². The predicted molar refractivity (Wildman–Crippen MR) is 55.0 cm³/mol. The fraction of sp³-hybridized carbons (Fsp3) is 1.00. The van der Waals surface area contributed by atoms with Crippen molar-refractivity contribution in [3.05, 3.63) is 0 Å². The Hall–Kier alpha value is -0.120. The van der Waals surface area contributed by atoms with Crippen molar-refractivity contribution in [1.82, 2.24) is 0 Å². The Bertz CT molecular complexity index is 153. The molecule has 1 fully saturated rings. The number of hydrogen-bond donors (Lipinski definition) is 0. The summed E-state index contributed by atoms with van der Waals surface area (Å²) in [5.41, 5.74) is 0. The molecular weight excluding hydrogens is 180 g/mol. The second-order valence-corrected chi connectivity index (χ2v) is 3.62. The molecule has 0 aromatic rings. The topological polar surface area (TPSA) is 27.7 Å². The standard InChI is InChI=1S/C11H22O3/c1-4-7-10-8-9-11(14-10,12-5-2)13-6-3/h10H,4-9H2,1-3H3. The zero-order chi connectivity index (χ0) is 10.4. The molecule has 3 nitrogen and oxygen atoms in total. The normalized spacial score (nSPS) is 25.5. The molecule has 0 spiro atoms. The van der Waals surface area contributed by atoms with Crippen LogP contribution in [-0.2, 0) is 14.2 Å². The van der Waals surface area contributed by atoms with Crippen molar-refractivity contribution < 1.29 is 14.2 Å². The van der Waals surface area contributed by atoms with E-state index in [9.17, 15) is 0 Å². The molecule has 1 heterocycles. The van der Waals surface area contributed by atoms with Crippen molar-refractivity contribution in [2.45, 2.75) is 58.5 Å². The Kier molecular flexibility index (Phi) is 4.85. The van der Waals surface area contributed by atoms with Crippen molar-refractivity contribution >= 4 is 0 Å². The van der Waals surface area contributed by atoms with Crippen molar-refractivity contribution in [3.8, 4) is 0 Å². The molecule has 1 aliphatic heterocycles. The minimum Gasteiger partial charge on any atom is -0.328 e. The van der Waals surface area contributed by atoms with Gasteiger partial charge in [0.2, 0.25) is 0 Å². The van der Waals surface area contributed by atoms with Crippen molar-refractivity contribution in [2.75, 3.05) is 13.2 Å². The first kappa shape index (κ1) is 12.0. The molecule has 3 heteroatoms. The molecule has 0 N–H and O–H groups in total. The molecular formula is C11H22O3. The minimum absolute atomic E-state index is 0.318. The van der Waals surface area contributed by atoms with E-state index in [0.29, 0.717) is 19.3 Å². The molecule has 0 aromatic heterocycles. The molecule has 0 radical (unpaired) electrons. The van der Waals surface area contributed by atoms with Gasteiger partial charge in [0.15, 0.2) is 0 Å². The van der Waals surface area contributed by atoms with Gasteiger partial charge in [-0.1, -0.05) is 13.3 Å². The van der Waals surface area contributed by atoms with E-state index in [0.717, 1.165) is 25.7 Å². The number of ether oxygens (including phenoxy) is 3. The van der Waals surface area contributed by atoms with Gasteiger partial charge in [-0.05, 0) is 26.7 Å². The lowest BCUT2D eigenvalue weighted by Crippen LogP contribution is -2.36. The van der Waals surface area contributed by atoms with Crippen LogP contribution in [0.2, 0.25) is 0 Å². The van der Waals surface area contributed by atoms with Gasteiger partial charge in [0.05, 0.1) is 6.10 Å². The third kappa shape index (κ3) is 2.94. The zero-order valence-corrected chi connectivity index (χ0v) is 9.54. The summed E-state index contributed by atoms with van der Waals surface area (Å²) in [6.45, 7) is 7.39. The van der Waals surface area contributed by atoms with Crippen LogP contribution in [0, 0.1) is 0 Å². The van der Waals surface area contributed by atoms with Gasteiger partial charge in [-0.2, -0.15) is 0 Å². The van der Waals surface area contributed by atoms with Crippen LogP contribution >= 0.6 is 0 Å². The Morgan fingerprint density at radius 3 is 2.36 bits per heavy atom. The highest BCUT2D eigenvalue weighted by Crippen LogP contribution is 2.34. The highest BCUT2D eigenvalue weighted by molar-refractivity contribution is 4.74. The maximum Gasteiger partial charge on any atom is 0.283 e. The zero-order valence-electron chi connectivity index (χ0n) is 9.54. The summed E-state index contributed by atoms with van der Waals surface area (Å²) in [4.78, 5) is 0. The van der Waals surface area contributed by atoms with Crippen LogP contribution in [0.15, 0.2) is 0 Å². The summed E-state index contributed by atoms with van der Waals surface area (Å²) in [6.07, 6.45) is 4.48. The first-order valence-electron chi connectivity index (χ1n) is 5.72. The molecule has 0 saturated carbocycles. The Morgan fingerprint density at radius 2 is 1.86 bits per heavy atom. The Balaban J connectivity index is 2.45. The van der Waals surface area contributed by atoms with Gasteiger partial charge in [0, 0.05) is 19.6 Å². The monoisotopic (exact) mass is 202 g/mol. The van der Waals surface area contributed by atoms with Crippen LogP contribution in [0.3, 0.4) is 0 Å². The second-order valence-electron chi connectivity index (χ2n) is 3.62. The molecule has 0 bridgehead atoms. The molecule has 1 aliphatic rings. The first-order chi connectivity index (χ1) is 6.76. The summed E-state index contributed by atoms with van der Waals surface area (Å²) >= 11 is 0. The fourth-order valence-electron chi connectivity index (χ4n) is 1.93. The van der Waals surface area contributed by atoms with E-state index in [1.807, 2.05) is 13.8 Å². The van der Waals surface area contributed by atoms with Gasteiger partial charge >= 0.3 is 0 Å². The van der Waals surface area contributed by atoms with Crippen LogP contribution in [0.1, 0.15) is 46.5 Å². The van der Waals surface area contributed by atoms with Gasteiger partial charge in [-0.25, -0.2) is 0 Å². The Labute approximate surface area is 86.7 Å². The van der Waals surface area contributed by atoms with E-state index in [-0.39, 0.29) is 0 Å². The molecule has 1 saturated heterocycles. The fourth-order valence-corrected chi connectivity index (χ4v) is 1.93. The molecule has 1 unspecified atom stereocenters. The molecule has 0 amide bonds. The largest absolute Gasteiger partial charge is 0.328 e. The van der Waals surface area contributed by atoms with Gasteiger partial charge in [0.1, 0.15) is 0 Å². The van der Waals surface area contributed by atoms with Crippen LogP contribution in [0.4, 0.5) is 0 Å². The minimum atomic E-state index is -0.733. The molecule has 14 heavy (non-hydrogen) atoms. The number of rotatable bonds is 6. The van der Waals surface area contributed by atoms with Crippen LogP contribution in [0.5, 0.6) is 0 Å². The third-order valence-electron chi connectivity index (χ3n) is 2.46. The predicted octanol–water partition coefficient (Wildman–Crippen LogP) is 2.69. The summed E-state index contributed by atoms with van der Waals surface area (Å²) < 4.78 is 17.0. The smallest absolute Gasteiger partial charge is 0.283 e. The van der Waals surface area contributed by atoms with Gasteiger partial charge in [0.25, 0.3) is 5.97 Å². The SMILES string of the molecule is CCCC1CCC(OCC)(OCC)O1. The molecule has 84 valence electrons. The maximum atomic E-state index is 5.83. The number of hydrogen-bond acceptors (Lipinski definition) is 3. The highest BCUT2D eigenvalue weighted by atomic mass is 16.9. The average Bonchev–Trinajstić information content (AvgIpc) is 2.51. The van der Waals surface area contributed by atoms with Gasteiger partial charge in [-0.15, -0.1) is 0 Å². The first-order valence-corrected chi connectivity index (χ1v) is 5.72. The van der Waals surface area contributed by atoms with Crippen LogP contribution in [0.25, 0.3) is 0 Å². The molecule has 1 rings (SSSR count). The Morgan fingerprint density at radius 1 is 1.21 bits per heavy atom. The van der Waals surface area contributed by atoms with Crippen LogP contribution in [-0.4, -0.2) is 25.3 Å². The average molecular weight is 202 g/mol. The lowest BCUT2D eigenvalue weighted by Gasteiger charge is -2.28. The van der Waals surface area contributed by atoms with E-state index in [1.165, 1.54) is 0 Å². The highest BCUT2D eigenvalue weighted by Gasteiger charge is 2.41.